The summed E-state index contributed by atoms with van der Waals surface area (Å²) in [5, 5.41) is 4.27. The lowest BCUT2D eigenvalue weighted by Gasteiger charge is -2.22. The molecule has 1 atom stereocenters. The summed E-state index contributed by atoms with van der Waals surface area (Å²) < 4.78 is 16.9. The zero-order valence-electron chi connectivity index (χ0n) is 19.4. The first-order valence-electron chi connectivity index (χ1n) is 11.5. The fourth-order valence-corrected chi connectivity index (χ4v) is 4.77. The van der Waals surface area contributed by atoms with E-state index in [1.54, 1.807) is 14.2 Å². The number of carbonyl (C=O) groups is 1. The maximum Gasteiger partial charge on any atom is 0.224 e. The molecular formula is C28H28N2O4. The van der Waals surface area contributed by atoms with Gasteiger partial charge in [0.2, 0.25) is 5.91 Å². The molecule has 0 radical (unpaired) electrons. The van der Waals surface area contributed by atoms with Gasteiger partial charge in [0.1, 0.15) is 5.75 Å². The molecule has 0 bridgehead atoms. The zero-order valence-corrected chi connectivity index (χ0v) is 19.4. The third-order valence-electron chi connectivity index (χ3n) is 6.43. The number of benzene rings is 3. The Bertz CT molecular complexity index is 1330. The van der Waals surface area contributed by atoms with Gasteiger partial charge in [0, 0.05) is 41.5 Å². The number of carbonyl (C=O) groups excluding carboxylic acids is 1. The van der Waals surface area contributed by atoms with Crippen LogP contribution in [0.25, 0.3) is 10.9 Å². The minimum atomic E-state index is -0.126. The molecule has 1 unspecified atom stereocenters. The lowest BCUT2D eigenvalue weighted by atomic mass is 9.89. The van der Waals surface area contributed by atoms with E-state index in [-0.39, 0.29) is 11.8 Å². The molecule has 0 aliphatic carbocycles. The van der Waals surface area contributed by atoms with E-state index in [1.807, 2.05) is 48.7 Å². The van der Waals surface area contributed by atoms with Crippen LogP contribution in [0.1, 0.15) is 28.2 Å². The van der Waals surface area contributed by atoms with Gasteiger partial charge in [0.25, 0.3) is 0 Å². The average Bonchev–Trinajstić information content (AvgIpc) is 3.51. The summed E-state index contributed by atoms with van der Waals surface area (Å²) in [6.45, 7) is 1.14. The van der Waals surface area contributed by atoms with E-state index in [9.17, 15) is 4.79 Å². The summed E-state index contributed by atoms with van der Waals surface area (Å²) in [5.41, 5.74) is 5.27. The lowest BCUT2D eigenvalue weighted by molar-refractivity contribution is -0.120. The van der Waals surface area contributed by atoms with Gasteiger partial charge in [-0.3, -0.25) is 4.79 Å². The Hall–Kier alpha value is -3.93. The molecule has 1 amide bonds. The molecule has 2 N–H and O–H groups in total. The van der Waals surface area contributed by atoms with E-state index in [4.69, 9.17) is 14.2 Å². The highest BCUT2D eigenvalue weighted by Crippen LogP contribution is 2.40. The molecule has 6 heteroatoms. The van der Waals surface area contributed by atoms with E-state index >= 15 is 0 Å². The van der Waals surface area contributed by atoms with Crippen LogP contribution in [0.5, 0.6) is 17.2 Å². The Balaban J connectivity index is 1.43. The van der Waals surface area contributed by atoms with Crippen LogP contribution in [0.3, 0.4) is 0 Å². The van der Waals surface area contributed by atoms with Crippen LogP contribution in [-0.4, -0.2) is 38.3 Å². The van der Waals surface area contributed by atoms with Crippen LogP contribution in [0.2, 0.25) is 0 Å². The number of amides is 1. The highest BCUT2D eigenvalue weighted by Gasteiger charge is 2.24. The number of aromatic amines is 1. The first kappa shape index (κ1) is 21.9. The number of para-hydroxylation sites is 2. The minimum absolute atomic E-state index is 0.0226. The zero-order chi connectivity index (χ0) is 23.5. The summed E-state index contributed by atoms with van der Waals surface area (Å²) in [5.74, 6) is 2.11. The number of rotatable bonds is 8. The second-order valence-electron chi connectivity index (χ2n) is 8.45. The number of H-pyrrole nitrogens is 1. The Labute approximate surface area is 198 Å². The van der Waals surface area contributed by atoms with Crippen LogP contribution >= 0.6 is 0 Å². The molecule has 2 heterocycles. The molecule has 0 spiro atoms. The molecule has 0 saturated heterocycles. The molecule has 1 aliphatic heterocycles. The molecule has 0 fully saturated rings. The van der Waals surface area contributed by atoms with Crippen molar-refractivity contribution in [3.63, 3.8) is 0 Å². The summed E-state index contributed by atoms with van der Waals surface area (Å²) in [6, 6.07) is 20.0. The van der Waals surface area contributed by atoms with Gasteiger partial charge < -0.3 is 24.5 Å². The van der Waals surface area contributed by atoms with Gasteiger partial charge in [0.05, 0.1) is 27.2 Å². The Morgan fingerprint density at radius 3 is 2.79 bits per heavy atom. The molecule has 0 saturated carbocycles. The largest absolute Gasteiger partial charge is 0.493 e. The molecule has 4 aromatic rings. The highest BCUT2D eigenvalue weighted by molar-refractivity contribution is 5.85. The Morgan fingerprint density at radius 2 is 1.94 bits per heavy atom. The second kappa shape index (κ2) is 9.51. The van der Waals surface area contributed by atoms with Crippen molar-refractivity contribution in [1.29, 1.82) is 0 Å². The molecule has 34 heavy (non-hydrogen) atoms. The van der Waals surface area contributed by atoms with Crippen molar-refractivity contribution in [2.24, 2.45) is 0 Å². The highest BCUT2D eigenvalue weighted by atomic mass is 16.5. The van der Waals surface area contributed by atoms with Gasteiger partial charge in [-0.1, -0.05) is 42.5 Å². The minimum Gasteiger partial charge on any atom is -0.493 e. The van der Waals surface area contributed by atoms with Crippen molar-refractivity contribution in [2.75, 3.05) is 27.4 Å². The number of aromatic nitrogens is 1. The van der Waals surface area contributed by atoms with Crippen molar-refractivity contribution in [2.45, 2.75) is 18.8 Å². The summed E-state index contributed by atoms with van der Waals surface area (Å²) >= 11 is 0. The van der Waals surface area contributed by atoms with E-state index in [1.165, 1.54) is 5.56 Å². The smallest absolute Gasteiger partial charge is 0.224 e. The number of nitrogens with one attached hydrogen (secondary N) is 2. The molecule has 1 aromatic heterocycles. The van der Waals surface area contributed by atoms with Crippen molar-refractivity contribution in [3.05, 3.63) is 89.1 Å². The molecule has 5 rings (SSSR count). The molecule has 3 aromatic carbocycles. The van der Waals surface area contributed by atoms with Crippen LogP contribution in [0.15, 0.2) is 66.9 Å². The third-order valence-corrected chi connectivity index (χ3v) is 6.43. The molecule has 174 valence electrons. The Kier molecular flexibility index (Phi) is 6.12. The average molecular weight is 457 g/mol. The van der Waals surface area contributed by atoms with Crippen LogP contribution < -0.4 is 19.5 Å². The maximum atomic E-state index is 13.0. The van der Waals surface area contributed by atoms with Crippen LogP contribution in [0, 0.1) is 0 Å². The van der Waals surface area contributed by atoms with Crippen LogP contribution in [0.4, 0.5) is 0 Å². The lowest BCUT2D eigenvalue weighted by Crippen LogP contribution is -2.30. The predicted octanol–water partition coefficient (Wildman–Crippen LogP) is 4.61. The Morgan fingerprint density at radius 1 is 1.06 bits per heavy atom. The number of hydrogen-bond donors (Lipinski definition) is 2. The summed E-state index contributed by atoms with van der Waals surface area (Å²) in [7, 11) is 3.27. The van der Waals surface area contributed by atoms with Gasteiger partial charge in [-0.15, -0.1) is 0 Å². The van der Waals surface area contributed by atoms with Crippen molar-refractivity contribution >= 4 is 16.8 Å². The van der Waals surface area contributed by atoms with Gasteiger partial charge in [-0.25, -0.2) is 0 Å². The number of methoxy groups -OCH3 is 2. The first-order chi connectivity index (χ1) is 16.7. The number of hydrogen-bond acceptors (Lipinski definition) is 4. The standard InChI is InChI=1S/C28H28N2O4/c1-32-26-9-5-7-21(28(26)33-2)23(22-16-29-24-8-4-3-6-20(22)24)17-30-27(31)15-18-10-11-25-19(14-18)12-13-34-25/h3-11,14,16,23,29H,12-13,15,17H2,1-2H3,(H,30,31). The van der Waals surface area contributed by atoms with Gasteiger partial charge in [-0.2, -0.15) is 0 Å². The maximum absolute atomic E-state index is 13.0. The van der Waals surface area contributed by atoms with E-state index < -0.39 is 0 Å². The predicted molar refractivity (Wildman–Crippen MR) is 132 cm³/mol. The van der Waals surface area contributed by atoms with Crippen molar-refractivity contribution in [3.8, 4) is 17.2 Å². The quantitative estimate of drug-likeness (QED) is 0.406. The molecular weight excluding hydrogens is 428 g/mol. The first-order valence-corrected chi connectivity index (χ1v) is 11.5. The van der Waals surface area contributed by atoms with E-state index in [2.05, 4.69) is 28.5 Å². The molecule has 1 aliphatic rings. The fraction of sp³-hybridized carbons (Fsp3) is 0.250. The third kappa shape index (κ3) is 4.19. The SMILES string of the molecule is COc1cccc(C(CNC(=O)Cc2ccc3c(c2)CCO3)c2c[nH]c3ccccc23)c1OC. The normalized spacial score (nSPS) is 13.2. The van der Waals surface area contributed by atoms with Gasteiger partial charge in [-0.05, 0) is 34.9 Å². The summed E-state index contributed by atoms with van der Waals surface area (Å²) in [4.78, 5) is 16.3. The second-order valence-corrected chi connectivity index (χ2v) is 8.45. The van der Waals surface area contributed by atoms with Gasteiger partial charge >= 0.3 is 0 Å². The van der Waals surface area contributed by atoms with Gasteiger partial charge in [0.15, 0.2) is 11.5 Å². The number of fused-ring (bicyclic) bond motifs is 2. The van der Waals surface area contributed by atoms with Crippen molar-refractivity contribution < 1.29 is 19.0 Å². The van der Waals surface area contributed by atoms with Crippen LogP contribution in [-0.2, 0) is 17.6 Å². The fourth-order valence-electron chi connectivity index (χ4n) is 4.77. The molecule has 6 nitrogen and oxygen atoms in total. The van der Waals surface area contributed by atoms with E-state index in [0.717, 1.165) is 39.8 Å². The summed E-state index contributed by atoms with van der Waals surface area (Å²) in [6.07, 6.45) is 3.23. The number of ether oxygens (including phenoxy) is 3. The monoisotopic (exact) mass is 456 g/mol. The van der Waals surface area contributed by atoms with Crippen molar-refractivity contribution in [1.82, 2.24) is 10.3 Å². The van der Waals surface area contributed by atoms with E-state index in [0.29, 0.717) is 31.1 Å². The topological polar surface area (TPSA) is 72.6 Å².